The number of nitrogens with zero attached hydrogens (tertiary/aromatic N) is 3. The van der Waals surface area contributed by atoms with Gasteiger partial charge in [-0.1, -0.05) is 60.7 Å². The maximum absolute atomic E-state index is 10.5. The van der Waals surface area contributed by atoms with Crippen LogP contribution in [0.4, 0.5) is 0 Å². The maximum Gasteiger partial charge on any atom is 0.171 e. The van der Waals surface area contributed by atoms with Gasteiger partial charge in [0.1, 0.15) is 29.4 Å². The molecule has 0 atom stereocenters. The standard InChI is InChI=1S/C23H19N3O4/c27-11-12-30-17-13-18(28)20(19(29)14-17)23-25-21(15-7-3-1-4-8-15)24-22(26-23)16-9-5-2-6-10-16/h1-10,13-14,27-29H,11-12H2. The van der Waals surface area contributed by atoms with E-state index >= 15 is 0 Å². The number of aliphatic hydroxyl groups is 1. The van der Waals surface area contributed by atoms with E-state index in [1.54, 1.807) is 0 Å². The lowest BCUT2D eigenvalue weighted by Gasteiger charge is -2.12. The zero-order valence-electron chi connectivity index (χ0n) is 15.9. The molecule has 0 saturated carbocycles. The highest BCUT2D eigenvalue weighted by atomic mass is 16.5. The summed E-state index contributed by atoms with van der Waals surface area (Å²) in [5.74, 6) is 0.701. The molecule has 0 aliphatic rings. The third-order valence-electron chi connectivity index (χ3n) is 4.35. The van der Waals surface area contributed by atoms with E-state index in [-0.39, 0.29) is 41.9 Å². The number of hydrogen-bond acceptors (Lipinski definition) is 7. The number of phenols is 2. The average Bonchev–Trinajstić information content (AvgIpc) is 2.78. The largest absolute Gasteiger partial charge is 0.507 e. The van der Waals surface area contributed by atoms with Gasteiger partial charge in [-0.05, 0) is 0 Å². The van der Waals surface area contributed by atoms with Crippen LogP contribution in [0.15, 0.2) is 72.8 Å². The zero-order valence-corrected chi connectivity index (χ0v) is 15.9. The minimum absolute atomic E-state index is 0.0420. The number of ether oxygens (including phenoxy) is 1. The smallest absolute Gasteiger partial charge is 0.171 e. The summed E-state index contributed by atoms with van der Waals surface area (Å²) in [5.41, 5.74) is 1.63. The number of hydrogen-bond donors (Lipinski definition) is 3. The van der Waals surface area contributed by atoms with E-state index in [2.05, 4.69) is 15.0 Å². The number of aromatic hydroxyl groups is 2. The second kappa shape index (κ2) is 8.59. The number of aliphatic hydroxyl groups excluding tert-OH is 1. The number of rotatable bonds is 6. The molecule has 4 aromatic rings. The Balaban J connectivity index is 1.88. The van der Waals surface area contributed by atoms with Gasteiger partial charge in [-0.25, -0.2) is 15.0 Å². The molecule has 4 rings (SSSR count). The van der Waals surface area contributed by atoms with Gasteiger partial charge in [0.05, 0.1) is 6.61 Å². The van der Waals surface area contributed by atoms with E-state index in [1.807, 2.05) is 60.7 Å². The Morgan fingerprint density at radius 2 is 1.13 bits per heavy atom. The van der Waals surface area contributed by atoms with Gasteiger partial charge in [0.25, 0.3) is 0 Å². The van der Waals surface area contributed by atoms with Gasteiger partial charge in [0, 0.05) is 23.3 Å². The second-order valence-electron chi connectivity index (χ2n) is 6.45. The molecule has 0 aliphatic carbocycles. The Hall–Kier alpha value is -3.97. The second-order valence-corrected chi connectivity index (χ2v) is 6.45. The van der Waals surface area contributed by atoms with Gasteiger partial charge >= 0.3 is 0 Å². The van der Waals surface area contributed by atoms with Crippen molar-refractivity contribution in [3.8, 4) is 51.4 Å². The number of phenolic OH excluding ortho intramolecular Hbond substituents is 2. The molecular formula is C23H19N3O4. The molecule has 7 heteroatoms. The highest BCUT2D eigenvalue weighted by molar-refractivity contribution is 5.75. The molecule has 0 bridgehead atoms. The Labute approximate surface area is 172 Å². The van der Waals surface area contributed by atoms with Gasteiger partial charge in [-0.3, -0.25) is 0 Å². The first-order chi connectivity index (χ1) is 14.7. The lowest BCUT2D eigenvalue weighted by atomic mass is 10.1. The third-order valence-corrected chi connectivity index (χ3v) is 4.35. The molecule has 30 heavy (non-hydrogen) atoms. The van der Waals surface area contributed by atoms with E-state index < -0.39 is 0 Å². The van der Waals surface area contributed by atoms with Crippen LogP contribution in [-0.4, -0.2) is 43.5 Å². The van der Waals surface area contributed by atoms with Crippen LogP contribution in [0.3, 0.4) is 0 Å². The first-order valence-electron chi connectivity index (χ1n) is 9.32. The molecule has 3 aromatic carbocycles. The minimum atomic E-state index is -0.243. The molecular weight excluding hydrogens is 382 g/mol. The SMILES string of the molecule is OCCOc1cc(O)c(-c2nc(-c3ccccc3)nc(-c3ccccc3)n2)c(O)c1. The molecule has 7 nitrogen and oxygen atoms in total. The summed E-state index contributed by atoms with van der Waals surface area (Å²) < 4.78 is 5.27. The van der Waals surface area contributed by atoms with Crippen LogP contribution in [-0.2, 0) is 0 Å². The summed E-state index contributed by atoms with van der Waals surface area (Å²) in [6.07, 6.45) is 0. The molecule has 0 spiro atoms. The van der Waals surface area contributed by atoms with Crippen LogP contribution in [0.1, 0.15) is 0 Å². The van der Waals surface area contributed by atoms with E-state index in [9.17, 15) is 10.2 Å². The molecule has 1 aromatic heterocycles. The van der Waals surface area contributed by atoms with E-state index in [0.29, 0.717) is 11.6 Å². The van der Waals surface area contributed by atoms with Crippen molar-refractivity contribution in [3.05, 3.63) is 72.8 Å². The quantitative estimate of drug-likeness (QED) is 0.452. The van der Waals surface area contributed by atoms with Crippen molar-refractivity contribution < 1.29 is 20.1 Å². The molecule has 3 N–H and O–H groups in total. The van der Waals surface area contributed by atoms with Crippen molar-refractivity contribution in [2.24, 2.45) is 0 Å². The molecule has 0 unspecified atom stereocenters. The van der Waals surface area contributed by atoms with E-state index in [4.69, 9.17) is 9.84 Å². The predicted molar refractivity (Wildman–Crippen MR) is 112 cm³/mol. The molecule has 1 heterocycles. The average molecular weight is 401 g/mol. The number of aromatic nitrogens is 3. The first-order valence-corrected chi connectivity index (χ1v) is 9.32. The predicted octanol–water partition coefficient (Wildman–Crippen LogP) is 3.65. The van der Waals surface area contributed by atoms with Crippen LogP contribution in [0.25, 0.3) is 34.2 Å². The fourth-order valence-corrected chi connectivity index (χ4v) is 2.98. The maximum atomic E-state index is 10.5. The van der Waals surface area contributed by atoms with Crippen LogP contribution in [0.5, 0.6) is 17.2 Å². The Kier molecular flexibility index (Phi) is 5.54. The van der Waals surface area contributed by atoms with Crippen LogP contribution >= 0.6 is 0 Å². The highest BCUT2D eigenvalue weighted by Gasteiger charge is 2.19. The number of benzene rings is 3. The monoisotopic (exact) mass is 401 g/mol. The third kappa shape index (κ3) is 4.06. The molecule has 0 fully saturated rings. The van der Waals surface area contributed by atoms with Gasteiger partial charge in [-0.15, -0.1) is 0 Å². The minimum Gasteiger partial charge on any atom is -0.507 e. The lowest BCUT2D eigenvalue weighted by Crippen LogP contribution is -2.02. The summed E-state index contributed by atoms with van der Waals surface area (Å²) >= 11 is 0. The fraction of sp³-hybridized carbons (Fsp3) is 0.0870. The van der Waals surface area contributed by atoms with Crippen molar-refractivity contribution in [1.82, 2.24) is 15.0 Å². The van der Waals surface area contributed by atoms with Crippen molar-refractivity contribution in [3.63, 3.8) is 0 Å². The van der Waals surface area contributed by atoms with Crippen LogP contribution < -0.4 is 4.74 Å². The van der Waals surface area contributed by atoms with E-state index in [0.717, 1.165) is 11.1 Å². The molecule has 0 saturated heterocycles. The van der Waals surface area contributed by atoms with Crippen molar-refractivity contribution in [2.45, 2.75) is 0 Å². The topological polar surface area (TPSA) is 109 Å². The summed E-state index contributed by atoms with van der Waals surface area (Å²) in [6, 6.07) is 21.5. The molecule has 0 radical (unpaired) electrons. The van der Waals surface area contributed by atoms with Crippen molar-refractivity contribution >= 4 is 0 Å². The van der Waals surface area contributed by atoms with E-state index in [1.165, 1.54) is 12.1 Å². The summed E-state index contributed by atoms with van der Waals surface area (Å²) in [4.78, 5) is 13.6. The van der Waals surface area contributed by atoms with Gasteiger partial charge in [0.2, 0.25) is 0 Å². The van der Waals surface area contributed by atoms with Gasteiger partial charge in [-0.2, -0.15) is 0 Å². The van der Waals surface area contributed by atoms with Crippen LogP contribution in [0, 0.1) is 0 Å². The van der Waals surface area contributed by atoms with Crippen molar-refractivity contribution in [1.29, 1.82) is 0 Å². The zero-order chi connectivity index (χ0) is 20.9. The molecule has 0 amide bonds. The summed E-state index contributed by atoms with van der Waals surface area (Å²) in [5, 5.41) is 30.0. The molecule has 150 valence electrons. The van der Waals surface area contributed by atoms with Gasteiger partial charge < -0.3 is 20.1 Å². The Bertz CT molecular complexity index is 1070. The van der Waals surface area contributed by atoms with Gasteiger partial charge in [0.15, 0.2) is 17.5 Å². The fourth-order valence-electron chi connectivity index (χ4n) is 2.98. The molecule has 0 aliphatic heterocycles. The lowest BCUT2D eigenvalue weighted by molar-refractivity contribution is 0.200. The highest BCUT2D eigenvalue weighted by Crippen LogP contribution is 2.40. The summed E-state index contributed by atoms with van der Waals surface area (Å²) in [7, 11) is 0. The first kappa shape index (κ1) is 19.4. The normalized spacial score (nSPS) is 10.7. The van der Waals surface area contributed by atoms with Crippen molar-refractivity contribution in [2.75, 3.05) is 13.2 Å². The Morgan fingerprint density at radius 3 is 1.60 bits per heavy atom. The Morgan fingerprint density at radius 1 is 0.667 bits per heavy atom. The summed E-state index contributed by atoms with van der Waals surface area (Å²) in [6.45, 7) is -0.141. The van der Waals surface area contributed by atoms with Crippen LogP contribution in [0.2, 0.25) is 0 Å².